The Kier molecular flexibility index (Phi) is 6.65. The molecular formula is C16H20BF4NO4. The molecule has 2 rings (SSSR count). The molecule has 144 valence electrons. The summed E-state index contributed by atoms with van der Waals surface area (Å²) in [7, 11) is -1.47. The Bertz CT molecular complexity index is 654. The highest BCUT2D eigenvalue weighted by Crippen LogP contribution is 2.42. The number of hydrogen-bond acceptors (Lipinski definition) is 4. The lowest BCUT2D eigenvalue weighted by Gasteiger charge is -2.17. The van der Waals surface area contributed by atoms with Crippen molar-refractivity contribution >= 4 is 13.1 Å². The summed E-state index contributed by atoms with van der Waals surface area (Å²) < 4.78 is 50.8. The Morgan fingerprint density at radius 2 is 2.00 bits per heavy atom. The first-order chi connectivity index (χ1) is 12.1. The van der Waals surface area contributed by atoms with Crippen molar-refractivity contribution in [3.63, 3.8) is 0 Å². The van der Waals surface area contributed by atoms with Crippen LogP contribution in [0.5, 0.6) is 0 Å². The number of rotatable bonds is 8. The molecule has 2 atom stereocenters. The first kappa shape index (κ1) is 20.7. The van der Waals surface area contributed by atoms with Gasteiger partial charge in [0.05, 0.1) is 12.5 Å². The maximum Gasteiger partial charge on any atom is 0.451 e. The van der Waals surface area contributed by atoms with Crippen LogP contribution in [-0.2, 0) is 17.8 Å². The number of halogens is 4. The van der Waals surface area contributed by atoms with E-state index in [2.05, 4.69) is 5.32 Å². The van der Waals surface area contributed by atoms with Gasteiger partial charge in [0.15, 0.2) is 0 Å². The van der Waals surface area contributed by atoms with Crippen molar-refractivity contribution in [3.8, 4) is 0 Å². The molecule has 4 N–H and O–H groups in total. The van der Waals surface area contributed by atoms with Gasteiger partial charge in [-0.3, -0.25) is 4.79 Å². The molecule has 1 aromatic carbocycles. The van der Waals surface area contributed by atoms with E-state index in [4.69, 9.17) is 10.0 Å². The molecule has 2 unspecified atom stereocenters. The van der Waals surface area contributed by atoms with Crippen molar-refractivity contribution in [2.45, 2.75) is 44.2 Å². The zero-order valence-electron chi connectivity index (χ0n) is 13.9. The van der Waals surface area contributed by atoms with Crippen LogP contribution in [0.15, 0.2) is 12.1 Å². The van der Waals surface area contributed by atoms with E-state index in [1.54, 1.807) is 0 Å². The zero-order chi connectivity index (χ0) is 19.5. The number of nitrogens with one attached hydrogen (secondary N) is 1. The lowest BCUT2D eigenvalue weighted by atomic mass is 9.80. The fraction of sp³-hybridized carbons (Fsp3) is 0.562. The summed E-state index contributed by atoms with van der Waals surface area (Å²) >= 11 is 0. The number of alkyl halides is 3. The van der Waals surface area contributed by atoms with Gasteiger partial charge in [-0.2, -0.15) is 13.2 Å². The van der Waals surface area contributed by atoms with Gasteiger partial charge in [-0.25, -0.2) is 4.39 Å². The molecule has 1 aliphatic carbocycles. The Labute approximate surface area is 148 Å². The molecule has 10 heteroatoms. The maximum atomic E-state index is 14.1. The molecule has 0 saturated carbocycles. The van der Waals surface area contributed by atoms with Gasteiger partial charge in [-0.1, -0.05) is 12.5 Å². The molecule has 0 aliphatic heterocycles. The lowest BCUT2D eigenvalue weighted by molar-refractivity contribution is -0.140. The fourth-order valence-corrected chi connectivity index (χ4v) is 3.44. The second-order valence-corrected chi connectivity index (χ2v) is 6.55. The Morgan fingerprint density at radius 1 is 1.31 bits per heavy atom. The standard InChI is InChI=1S/C16H20BF4NO4/c18-13-6-10-4-9(2-1-3-17(25)26)14(15(23)24)12(10)5-11(13)7-22-8-16(19,20)21/h5-6,9,14,22,25-26H,1-4,7-8H2,(H,23,24). The number of hydrogen-bond donors (Lipinski definition) is 4. The first-order valence-corrected chi connectivity index (χ1v) is 8.26. The van der Waals surface area contributed by atoms with E-state index in [1.807, 2.05) is 0 Å². The van der Waals surface area contributed by atoms with E-state index in [0.717, 1.165) is 0 Å². The molecule has 0 bridgehead atoms. The van der Waals surface area contributed by atoms with Gasteiger partial charge in [0.25, 0.3) is 0 Å². The number of benzene rings is 1. The summed E-state index contributed by atoms with van der Waals surface area (Å²) in [6.45, 7) is -1.62. The molecule has 0 aromatic heterocycles. The monoisotopic (exact) mass is 377 g/mol. The van der Waals surface area contributed by atoms with Crippen molar-refractivity contribution < 1.29 is 37.5 Å². The third-order valence-electron chi connectivity index (χ3n) is 4.54. The van der Waals surface area contributed by atoms with Crippen LogP contribution >= 0.6 is 0 Å². The van der Waals surface area contributed by atoms with Crippen LogP contribution in [0.2, 0.25) is 6.32 Å². The predicted molar refractivity (Wildman–Crippen MR) is 86.0 cm³/mol. The highest BCUT2D eigenvalue weighted by molar-refractivity contribution is 6.40. The molecule has 1 aliphatic rings. The Hall–Kier alpha value is -1.65. The third-order valence-corrected chi connectivity index (χ3v) is 4.54. The van der Waals surface area contributed by atoms with Crippen molar-refractivity contribution in [1.29, 1.82) is 0 Å². The zero-order valence-corrected chi connectivity index (χ0v) is 13.9. The summed E-state index contributed by atoms with van der Waals surface area (Å²) in [5, 5.41) is 29.4. The van der Waals surface area contributed by atoms with Gasteiger partial charge in [0.2, 0.25) is 0 Å². The SMILES string of the molecule is O=C(O)C1c2cc(CNCC(F)(F)F)c(F)cc2CC1CCCB(O)O. The number of carboxylic acids is 1. The predicted octanol–water partition coefficient (Wildman–Crippen LogP) is 2.07. The minimum Gasteiger partial charge on any atom is -0.481 e. The minimum absolute atomic E-state index is 0.00863. The quantitative estimate of drug-likeness (QED) is 0.412. The molecule has 0 amide bonds. The topological polar surface area (TPSA) is 89.8 Å². The molecule has 0 fully saturated rings. The number of carboxylic acid groups (broad SMARTS) is 1. The largest absolute Gasteiger partial charge is 0.481 e. The molecule has 0 saturated heterocycles. The molecule has 0 radical (unpaired) electrons. The van der Waals surface area contributed by atoms with Crippen LogP contribution < -0.4 is 5.32 Å². The summed E-state index contributed by atoms with van der Waals surface area (Å²) in [6.07, 6.45) is -3.14. The average molecular weight is 377 g/mol. The van der Waals surface area contributed by atoms with E-state index in [9.17, 15) is 27.5 Å². The Morgan fingerprint density at radius 3 is 2.58 bits per heavy atom. The molecule has 0 spiro atoms. The van der Waals surface area contributed by atoms with E-state index in [0.29, 0.717) is 30.4 Å². The normalized spacial score (nSPS) is 19.5. The van der Waals surface area contributed by atoms with Gasteiger partial charge in [0.1, 0.15) is 5.82 Å². The highest BCUT2D eigenvalue weighted by atomic mass is 19.4. The van der Waals surface area contributed by atoms with Crippen LogP contribution in [-0.4, -0.2) is 41.0 Å². The number of aliphatic carboxylic acids is 1. The van der Waals surface area contributed by atoms with Gasteiger partial charge in [-0.05, 0) is 42.3 Å². The number of carbonyl (C=O) groups is 1. The molecule has 5 nitrogen and oxygen atoms in total. The molecule has 1 aromatic rings. The van der Waals surface area contributed by atoms with Crippen molar-refractivity contribution in [2.24, 2.45) is 5.92 Å². The first-order valence-electron chi connectivity index (χ1n) is 8.26. The third kappa shape index (κ3) is 5.42. The highest BCUT2D eigenvalue weighted by Gasteiger charge is 2.38. The molecule has 0 heterocycles. The van der Waals surface area contributed by atoms with Gasteiger partial charge in [-0.15, -0.1) is 0 Å². The van der Waals surface area contributed by atoms with Crippen LogP contribution in [0.1, 0.15) is 35.4 Å². The summed E-state index contributed by atoms with van der Waals surface area (Å²) in [5.74, 6) is -2.96. The maximum absolute atomic E-state index is 14.1. The fourth-order valence-electron chi connectivity index (χ4n) is 3.44. The minimum atomic E-state index is -4.42. The van der Waals surface area contributed by atoms with E-state index < -0.39 is 37.5 Å². The lowest BCUT2D eigenvalue weighted by Crippen LogP contribution is -2.28. The summed E-state index contributed by atoms with van der Waals surface area (Å²) in [6, 6.07) is 2.52. The van der Waals surface area contributed by atoms with Gasteiger partial charge < -0.3 is 20.5 Å². The van der Waals surface area contributed by atoms with Crippen LogP contribution in [0.25, 0.3) is 0 Å². The second kappa shape index (κ2) is 8.36. The Balaban J connectivity index is 2.14. The van der Waals surface area contributed by atoms with E-state index >= 15 is 0 Å². The van der Waals surface area contributed by atoms with Gasteiger partial charge in [0, 0.05) is 12.1 Å². The van der Waals surface area contributed by atoms with E-state index in [1.165, 1.54) is 12.1 Å². The van der Waals surface area contributed by atoms with Crippen LogP contribution in [0, 0.1) is 11.7 Å². The smallest absolute Gasteiger partial charge is 0.451 e. The van der Waals surface area contributed by atoms with Crippen molar-refractivity contribution in [1.82, 2.24) is 5.32 Å². The van der Waals surface area contributed by atoms with Crippen molar-refractivity contribution in [3.05, 3.63) is 34.6 Å². The van der Waals surface area contributed by atoms with Crippen LogP contribution in [0.3, 0.4) is 0 Å². The van der Waals surface area contributed by atoms with Crippen LogP contribution in [0.4, 0.5) is 17.6 Å². The molecular weight excluding hydrogens is 357 g/mol. The number of fused-ring (bicyclic) bond motifs is 1. The summed E-state index contributed by atoms with van der Waals surface area (Å²) in [4.78, 5) is 11.7. The second-order valence-electron chi connectivity index (χ2n) is 6.55. The molecule has 26 heavy (non-hydrogen) atoms. The average Bonchev–Trinajstić information content (AvgIpc) is 2.83. The van der Waals surface area contributed by atoms with Gasteiger partial charge >= 0.3 is 19.3 Å². The summed E-state index contributed by atoms with van der Waals surface area (Å²) in [5.41, 5.74) is 0.937. The van der Waals surface area contributed by atoms with Crippen molar-refractivity contribution in [2.75, 3.05) is 6.54 Å². The van der Waals surface area contributed by atoms with E-state index in [-0.39, 0.29) is 24.3 Å².